The summed E-state index contributed by atoms with van der Waals surface area (Å²) >= 11 is 1.64. The molecule has 2 heterocycles. The number of thiophene rings is 1. The predicted molar refractivity (Wildman–Crippen MR) is 116 cm³/mol. The molecular weight excluding hydrogens is 380 g/mol. The third kappa shape index (κ3) is 3.19. The van der Waals surface area contributed by atoms with Crippen LogP contribution in [0.2, 0.25) is 0 Å². The lowest BCUT2D eigenvalue weighted by Crippen LogP contribution is -1.96. The molecule has 1 aliphatic carbocycles. The molecular formula is C24H18N2O2S. The first kappa shape index (κ1) is 17.6. The SMILES string of the molecule is COc1ccc2c(c1)C(=O)C(=Cc1cn(-c3ccccc3)nc1-c1cccs1)C2. The largest absolute Gasteiger partial charge is 0.497 e. The molecule has 29 heavy (non-hydrogen) atoms. The number of Topliss-reactive ketones (excluding diaryl/α,β-unsaturated/α-hetero) is 1. The van der Waals surface area contributed by atoms with Gasteiger partial charge in [0.2, 0.25) is 0 Å². The van der Waals surface area contributed by atoms with Crippen molar-refractivity contribution in [1.82, 2.24) is 9.78 Å². The predicted octanol–water partition coefficient (Wildman–Crippen LogP) is 5.43. The highest BCUT2D eigenvalue weighted by atomic mass is 32.1. The average Bonchev–Trinajstić information content (AvgIpc) is 3.49. The number of allylic oxidation sites excluding steroid dienone is 1. The van der Waals surface area contributed by atoms with Crippen molar-refractivity contribution in [2.45, 2.75) is 6.42 Å². The number of para-hydroxylation sites is 1. The van der Waals surface area contributed by atoms with E-state index >= 15 is 0 Å². The van der Waals surface area contributed by atoms with Gasteiger partial charge in [0.05, 0.1) is 17.7 Å². The first-order valence-corrected chi connectivity index (χ1v) is 10.2. The summed E-state index contributed by atoms with van der Waals surface area (Å²) < 4.78 is 7.15. The van der Waals surface area contributed by atoms with Crippen molar-refractivity contribution in [1.29, 1.82) is 0 Å². The van der Waals surface area contributed by atoms with Gasteiger partial charge in [0, 0.05) is 29.3 Å². The van der Waals surface area contributed by atoms with E-state index < -0.39 is 0 Å². The molecule has 5 rings (SSSR count). The maximum absolute atomic E-state index is 13.0. The topological polar surface area (TPSA) is 44.1 Å². The molecule has 4 aromatic rings. The third-order valence-electron chi connectivity index (χ3n) is 5.08. The Morgan fingerprint density at radius 2 is 1.97 bits per heavy atom. The van der Waals surface area contributed by atoms with Crippen LogP contribution in [-0.4, -0.2) is 22.7 Å². The van der Waals surface area contributed by atoms with Crippen molar-refractivity contribution in [3.8, 4) is 22.0 Å². The van der Waals surface area contributed by atoms with Crippen molar-refractivity contribution in [2.75, 3.05) is 7.11 Å². The first-order valence-electron chi connectivity index (χ1n) is 9.34. The molecule has 0 saturated heterocycles. The maximum Gasteiger partial charge on any atom is 0.189 e. The number of carbonyl (C=O) groups excluding carboxylic acids is 1. The Bertz CT molecular complexity index is 1220. The first-order chi connectivity index (χ1) is 14.2. The van der Waals surface area contributed by atoms with E-state index in [0.29, 0.717) is 12.2 Å². The summed E-state index contributed by atoms with van der Waals surface area (Å²) in [4.78, 5) is 14.1. The van der Waals surface area contributed by atoms with Crippen LogP contribution in [0, 0.1) is 0 Å². The smallest absolute Gasteiger partial charge is 0.189 e. The third-order valence-corrected chi connectivity index (χ3v) is 5.96. The molecule has 0 N–H and O–H groups in total. The van der Waals surface area contributed by atoms with Gasteiger partial charge in [-0.15, -0.1) is 11.3 Å². The van der Waals surface area contributed by atoms with Gasteiger partial charge in [-0.05, 0) is 47.4 Å². The Morgan fingerprint density at radius 1 is 1.10 bits per heavy atom. The van der Waals surface area contributed by atoms with E-state index in [1.165, 1.54) is 0 Å². The molecule has 5 heteroatoms. The van der Waals surface area contributed by atoms with Crippen LogP contribution in [0.25, 0.3) is 22.3 Å². The Kier molecular flexibility index (Phi) is 4.37. The van der Waals surface area contributed by atoms with E-state index in [4.69, 9.17) is 9.84 Å². The van der Waals surface area contributed by atoms with Crippen molar-refractivity contribution in [3.63, 3.8) is 0 Å². The Labute approximate surface area is 172 Å². The minimum absolute atomic E-state index is 0.0588. The maximum atomic E-state index is 13.0. The van der Waals surface area contributed by atoms with Gasteiger partial charge in [-0.3, -0.25) is 4.79 Å². The lowest BCUT2D eigenvalue weighted by molar-refractivity contribution is 0.104. The Morgan fingerprint density at radius 3 is 2.72 bits per heavy atom. The second-order valence-electron chi connectivity index (χ2n) is 6.89. The Hall–Kier alpha value is -3.44. The van der Waals surface area contributed by atoms with Crippen LogP contribution in [0.1, 0.15) is 21.5 Å². The minimum Gasteiger partial charge on any atom is -0.497 e. The van der Waals surface area contributed by atoms with Crippen LogP contribution in [-0.2, 0) is 6.42 Å². The normalized spacial score (nSPS) is 14.4. The molecule has 0 bridgehead atoms. The molecule has 0 saturated carbocycles. The van der Waals surface area contributed by atoms with Crippen LogP contribution >= 0.6 is 11.3 Å². The zero-order valence-corrected chi connectivity index (χ0v) is 16.6. The zero-order valence-electron chi connectivity index (χ0n) is 15.8. The highest BCUT2D eigenvalue weighted by Crippen LogP contribution is 2.34. The molecule has 0 fully saturated rings. The Balaban J connectivity index is 1.59. The van der Waals surface area contributed by atoms with Gasteiger partial charge in [-0.2, -0.15) is 5.10 Å². The number of ether oxygens (including phenoxy) is 1. The van der Waals surface area contributed by atoms with Gasteiger partial charge in [-0.1, -0.05) is 30.3 Å². The van der Waals surface area contributed by atoms with Gasteiger partial charge < -0.3 is 4.74 Å². The van der Waals surface area contributed by atoms with Crippen molar-refractivity contribution >= 4 is 23.2 Å². The average molecular weight is 398 g/mol. The van der Waals surface area contributed by atoms with E-state index in [9.17, 15) is 4.79 Å². The molecule has 0 aliphatic heterocycles. The highest BCUT2D eigenvalue weighted by molar-refractivity contribution is 7.13. The number of hydrogen-bond acceptors (Lipinski definition) is 4. The van der Waals surface area contributed by atoms with Gasteiger partial charge in [0.15, 0.2) is 5.78 Å². The van der Waals surface area contributed by atoms with Gasteiger partial charge >= 0.3 is 0 Å². The van der Waals surface area contributed by atoms with Crippen LogP contribution in [0.15, 0.2) is 77.8 Å². The van der Waals surface area contributed by atoms with Crippen LogP contribution < -0.4 is 4.74 Å². The minimum atomic E-state index is 0.0588. The number of methoxy groups -OCH3 is 1. The monoisotopic (exact) mass is 398 g/mol. The molecule has 2 aromatic carbocycles. The number of rotatable bonds is 4. The van der Waals surface area contributed by atoms with Crippen molar-refractivity contribution in [3.05, 3.63) is 94.5 Å². The lowest BCUT2D eigenvalue weighted by Gasteiger charge is -2.01. The number of ketones is 1. The van der Waals surface area contributed by atoms with Crippen LogP contribution in [0.5, 0.6) is 5.75 Å². The molecule has 0 amide bonds. The fraction of sp³-hybridized carbons (Fsp3) is 0.0833. The van der Waals surface area contributed by atoms with E-state index in [2.05, 4.69) is 6.07 Å². The van der Waals surface area contributed by atoms with Crippen LogP contribution in [0.4, 0.5) is 0 Å². The van der Waals surface area contributed by atoms with Crippen molar-refractivity contribution in [2.24, 2.45) is 0 Å². The van der Waals surface area contributed by atoms with Gasteiger partial charge in [0.25, 0.3) is 0 Å². The van der Waals surface area contributed by atoms with Crippen LogP contribution in [0.3, 0.4) is 0 Å². The molecule has 1 aliphatic rings. The number of aromatic nitrogens is 2. The molecule has 142 valence electrons. The summed E-state index contributed by atoms with van der Waals surface area (Å²) in [6.45, 7) is 0. The highest BCUT2D eigenvalue weighted by Gasteiger charge is 2.26. The van der Waals surface area contributed by atoms with E-state index in [0.717, 1.165) is 38.5 Å². The fourth-order valence-corrected chi connectivity index (χ4v) is 4.35. The number of nitrogens with zero attached hydrogens (tertiary/aromatic N) is 2. The second kappa shape index (κ2) is 7.18. The van der Waals surface area contributed by atoms with Gasteiger partial charge in [-0.25, -0.2) is 4.68 Å². The number of fused-ring (bicyclic) bond motifs is 1. The van der Waals surface area contributed by atoms with E-state index in [1.807, 2.05) is 76.9 Å². The summed E-state index contributed by atoms with van der Waals surface area (Å²) in [6.07, 6.45) is 4.60. The summed E-state index contributed by atoms with van der Waals surface area (Å²) in [6, 6.07) is 19.8. The molecule has 0 atom stereocenters. The molecule has 2 aromatic heterocycles. The summed E-state index contributed by atoms with van der Waals surface area (Å²) in [5.74, 6) is 0.762. The number of hydrogen-bond donors (Lipinski definition) is 0. The van der Waals surface area contributed by atoms with E-state index in [-0.39, 0.29) is 5.78 Å². The van der Waals surface area contributed by atoms with Crippen molar-refractivity contribution < 1.29 is 9.53 Å². The van der Waals surface area contributed by atoms with Gasteiger partial charge in [0.1, 0.15) is 11.4 Å². The molecule has 4 nitrogen and oxygen atoms in total. The molecule has 0 radical (unpaired) electrons. The summed E-state index contributed by atoms with van der Waals surface area (Å²) in [7, 11) is 1.61. The fourth-order valence-electron chi connectivity index (χ4n) is 3.62. The quantitative estimate of drug-likeness (QED) is 0.431. The number of carbonyl (C=O) groups is 1. The zero-order chi connectivity index (χ0) is 19.8. The summed E-state index contributed by atoms with van der Waals surface area (Å²) in [5, 5.41) is 6.86. The second-order valence-corrected chi connectivity index (χ2v) is 7.84. The van der Waals surface area contributed by atoms with E-state index in [1.54, 1.807) is 18.4 Å². The standard InChI is InChI=1S/C24H18N2O2S/c1-28-20-10-9-16-12-17(24(27)21(16)14-20)13-18-15-26(19-6-3-2-4-7-19)25-23(18)22-8-5-11-29-22/h2-11,13-15H,12H2,1H3. The molecule has 0 unspecified atom stereocenters. The lowest BCUT2D eigenvalue weighted by atomic mass is 10.1. The summed E-state index contributed by atoms with van der Waals surface area (Å²) in [5.41, 5.74) is 5.36. The number of benzene rings is 2. The molecule has 0 spiro atoms.